The van der Waals surface area contributed by atoms with Gasteiger partial charge in [-0.05, 0) is 59.1 Å². The quantitative estimate of drug-likeness (QED) is 0.807. The van der Waals surface area contributed by atoms with Crippen molar-refractivity contribution in [3.05, 3.63) is 51.6 Å². The van der Waals surface area contributed by atoms with E-state index < -0.39 is 11.7 Å². The Bertz CT molecular complexity index is 639. The number of hydrogen-bond donors (Lipinski definition) is 1. The first-order chi connectivity index (χ1) is 9.27. The van der Waals surface area contributed by atoms with Gasteiger partial charge in [0.15, 0.2) is 0 Å². The fourth-order valence-corrected chi connectivity index (χ4v) is 2.18. The molecule has 0 fully saturated rings. The number of alkyl halides is 3. The molecule has 0 bridgehead atoms. The second-order valence-electron chi connectivity index (χ2n) is 4.47. The van der Waals surface area contributed by atoms with Gasteiger partial charge in [-0.1, -0.05) is 6.07 Å². The van der Waals surface area contributed by atoms with E-state index >= 15 is 0 Å². The number of rotatable bonds is 2. The number of aryl methyl sites for hydroxylation is 2. The molecule has 0 saturated carbocycles. The van der Waals surface area contributed by atoms with Crippen LogP contribution in [0, 0.1) is 13.8 Å². The van der Waals surface area contributed by atoms with Gasteiger partial charge >= 0.3 is 6.18 Å². The van der Waals surface area contributed by atoms with Crippen LogP contribution in [-0.2, 0) is 6.18 Å². The molecule has 1 aromatic heterocycles. The van der Waals surface area contributed by atoms with Gasteiger partial charge in [-0.2, -0.15) is 13.2 Å². The third kappa shape index (κ3) is 3.30. The predicted molar refractivity (Wildman–Crippen MR) is 76.1 cm³/mol. The lowest BCUT2D eigenvalue weighted by atomic mass is 10.1. The van der Waals surface area contributed by atoms with Crippen molar-refractivity contribution in [2.45, 2.75) is 20.0 Å². The molecule has 0 radical (unpaired) electrons. The molecule has 1 aromatic carbocycles. The molecule has 106 valence electrons. The first-order valence-corrected chi connectivity index (χ1v) is 6.63. The summed E-state index contributed by atoms with van der Waals surface area (Å²) in [7, 11) is 0. The average molecular weight is 345 g/mol. The Morgan fingerprint density at radius 1 is 1.10 bits per heavy atom. The smallest absolute Gasteiger partial charge is 0.340 e. The molecule has 1 heterocycles. The van der Waals surface area contributed by atoms with E-state index in [9.17, 15) is 13.2 Å². The van der Waals surface area contributed by atoms with Crippen LogP contribution in [0.1, 0.15) is 16.7 Å². The lowest BCUT2D eigenvalue weighted by Crippen LogP contribution is -2.06. The summed E-state index contributed by atoms with van der Waals surface area (Å²) in [6, 6.07) is 5.46. The molecule has 20 heavy (non-hydrogen) atoms. The van der Waals surface area contributed by atoms with E-state index in [4.69, 9.17) is 0 Å². The zero-order chi connectivity index (χ0) is 14.9. The van der Waals surface area contributed by atoms with Crippen LogP contribution in [0.5, 0.6) is 0 Å². The molecule has 0 aliphatic carbocycles. The second kappa shape index (κ2) is 5.44. The van der Waals surface area contributed by atoms with Gasteiger partial charge in [0.2, 0.25) is 0 Å². The highest BCUT2D eigenvalue weighted by Crippen LogP contribution is 2.33. The lowest BCUT2D eigenvalue weighted by Gasteiger charge is -2.14. The molecule has 0 aliphatic heterocycles. The van der Waals surface area contributed by atoms with E-state index in [-0.39, 0.29) is 0 Å². The Morgan fingerprint density at radius 3 is 2.40 bits per heavy atom. The summed E-state index contributed by atoms with van der Waals surface area (Å²) in [5.74, 6) is 0.538. The zero-order valence-corrected chi connectivity index (χ0v) is 12.4. The Hall–Kier alpha value is -1.56. The maximum atomic E-state index is 12.7. The van der Waals surface area contributed by atoms with Crippen LogP contribution in [0.4, 0.5) is 24.7 Å². The minimum Gasteiger partial charge on any atom is -0.340 e. The SMILES string of the molecule is Cc1ccc(C(F)(F)F)cc1Nc1ncc(Br)cc1C. The number of halogens is 4. The highest BCUT2D eigenvalue weighted by atomic mass is 79.9. The molecule has 0 aliphatic rings. The molecule has 0 amide bonds. The van der Waals surface area contributed by atoms with Gasteiger partial charge in [0, 0.05) is 16.4 Å². The monoisotopic (exact) mass is 344 g/mol. The van der Waals surface area contributed by atoms with Gasteiger partial charge in [0.05, 0.1) is 5.56 Å². The van der Waals surface area contributed by atoms with Crippen LogP contribution in [0.25, 0.3) is 0 Å². The van der Waals surface area contributed by atoms with Gasteiger partial charge in [-0.25, -0.2) is 4.98 Å². The average Bonchev–Trinajstić information content (AvgIpc) is 2.33. The van der Waals surface area contributed by atoms with Gasteiger partial charge in [-0.15, -0.1) is 0 Å². The molecule has 0 unspecified atom stereocenters. The number of hydrogen-bond acceptors (Lipinski definition) is 2. The molecule has 0 saturated heterocycles. The van der Waals surface area contributed by atoms with Crippen LogP contribution < -0.4 is 5.32 Å². The molecule has 2 nitrogen and oxygen atoms in total. The topological polar surface area (TPSA) is 24.9 Å². The molecule has 2 rings (SSSR count). The van der Waals surface area contributed by atoms with Gasteiger partial charge in [0.25, 0.3) is 0 Å². The first kappa shape index (κ1) is 14.8. The van der Waals surface area contributed by atoms with Gasteiger partial charge in [-0.3, -0.25) is 0 Å². The van der Waals surface area contributed by atoms with E-state index in [1.165, 1.54) is 6.07 Å². The van der Waals surface area contributed by atoms with Crippen molar-refractivity contribution in [1.29, 1.82) is 0 Å². The highest BCUT2D eigenvalue weighted by molar-refractivity contribution is 9.10. The predicted octanol–water partition coefficient (Wildman–Crippen LogP) is 5.22. The van der Waals surface area contributed by atoms with Crippen LogP contribution >= 0.6 is 15.9 Å². The van der Waals surface area contributed by atoms with Crippen molar-refractivity contribution in [2.24, 2.45) is 0 Å². The number of pyridine rings is 1. The van der Waals surface area contributed by atoms with E-state index in [1.54, 1.807) is 13.1 Å². The number of nitrogens with one attached hydrogen (secondary N) is 1. The number of anilines is 2. The Labute approximate surface area is 123 Å². The summed E-state index contributed by atoms with van der Waals surface area (Å²) in [5.41, 5.74) is 1.29. The van der Waals surface area contributed by atoms with Crippen molar-refractivity contribution in [3.63, 3.8) is 0 Å². The fraction of sp³-hybridized carbons (Fsp3) is 0.214. The van der Waals surface area contributed by atoms with E-state index in [1.807, 2.05) is 13.0 Å². The third-order valence-corrected chi connectivity index (χ3v) is 3.30. The maximum absolute atomic E-state index is 12.7. The number of benzene rings is 1. The van der Waals surface area contributed by atoms with E-state index in [0.29, 0.717) is 11.5 Å². The van der Waals surface area contributed by atoms with Crippen molar-refractivity contribution in [2.75, 3.05) is 5.32 Å². The molecule has 0 spiro atoms. The second-order valence-corrected chi connectivity index (χ2v) is 5.39. The van der Waals surface area contributed by atoms with Gasteiger partial charge in [0.1, 0.15) is 5.82 Å². The Kier molecular flexibility index (Phi) is 4.04. The lowest BCUT2D eigenvalue weighted by molar-refractivity contribution is -0.137. The zero-order valence-electron chi connectivity index (χ0n) is 10.8. The fourth-order valence-electron chi connectivity index (χ4n) is 1.73. The molecule has 0 atom stereocenters. The molecular formula is C14H12BrF3N2. The van der Waals surface area contributed by atoms with Crippen LogP contribution in [-0.4, -0.2) is 4.98 Å². The molecular weight excluding hydrogens is 333 g/mol. The molecule has 2 aromatic rings. The van der Waals surface area contributed by atoms with E-state index in [2.05, 4.69) is 26.2 Å². The standard InChI is InChI=1S/C14H12BrF3N2/c1-8-3-4-10(14(16,17)18)6-12(8)20-13-9(2)5-11(15)7-19-13/h3-7H,1-2H3,(H,19,20). The van der Waals surface area contributed by atoms with Crippen molar-refractivity contribution in [1.82, 2.24) is 4.98 Å². The van der Waals surface area contributed by atoms with Crippen LogP contribution in [0.3, 0.4) is 0 Å². The van der Waals surface area contributed by atoms with Crippen LogP contribution in [0.15, 0.2) is 34.9 Å². The summed E-state index contributed by atoms with van der Waals surface area (Å²) in [6.07, 6.45) is -2.76. The summed E-state index contributed by atoms with van der Waals surface area (Å²) >= 11 is 3.29. The van der Waals surface area contributed by atoms with E-state index in [0.717, 1.165) is 27.7 Å². The Balaban J connectivity index is 2.38. The van der Waals surface area contributed by atoms with Crippen molar-refractivity contribution < 1.29 is 13.2 Å². The molecule has 6 heteroatoms. The summed E-state index contributed by atoms with van der Waals surface area (Å²) < 4.78 is 39.0. The number of aromatic nitrogens is 1. The maximum Gasteiger partial charge on any atom is 0.416 e. The Morgan fingerprint density at radius 2 is 1.80 bits per heavy atom. The van der Waals surface area contributed by atoms with Crippen molar-refractivity contribution in [3.8, 4) is 0 Å². The molecule has 1 N–H and O–H groups in total. The normalized spacial score (nSPS) is 11.5. The first-order valence-electron chi connectivity index (χ1n) is 5.84. The summed E-state index contributed by atoms with van der Waals surface area (Å²) in [4.78, 5) is 4.17. The summed E-state index contributed by atoms with van der Waals surface area (Å²) in [5, 5.41) is 2.95. The van der Waals surface area contributed by atoms with Gasteiger partial charge < -0.3 is 5.32 Å². The highest BCUT2D eigenvalue weighted by Gasteiger charge is 2.30. The summed E-state index contributed by atoms with van der Waals surface area (Å²) in [6.45, 7) is 3.58. The minimum atomic E-state index is -4.35. The number of nitrogens with zero attached hydrogens (tertiary/aromatic N) is 1. The third-order valence-electron chi connectivity index (χ3n) is 2.86. The minimum absolute atomic E-state index is 0.401. The largest absolute Gasteiger partial charge is 0.416 e. The van der Waals surface area contributed by atoms with Crippen molar-refractivity contribution >= 4 is 27.4 Å². The van der Waals surface area contributed by atoms with Crippen LogP contribution in [0.2, 0.25) is 0 Å².